The fraction of sp³-hybridized carbons (Fsp3) is 0.423. The Morgan fingerprint density at radius 3 is 2.28 bits per heavy atom. The molecule has 1 saturated heterocycles. The van der Waals surface area contributed by atoms with Crippen molar-refractivity contribution in [2.75, 3.05) is 11.9 Å². The van der Waals surface area contributed by atoms with E-state index >= 15 is 0 Å². The first kappa shape index (κ1) is 28.5. The Bertz CT molecular complexity index is 1100. The van der Waals surface area contributed by atoms with Crippen LogP contribution in [0.1, 0.15) is 56.1 Å². The van der Waals surface area contributed by atoms with Crippen molar-refractivity contribution in [1.29, 1.82) is 5.26 Å². The van der Waals surface area contributed by atoms with Gasteiger partial charge in [0.25, 0.3) is 5.56 Å². The van der Waals surface area contributed by atoms with Gasteiger partial charge >= 0.3 is 6.18 Å². The second-order valence-corrected chi connectivity index (χ2v) is 8.55. The van der Waals surface area contributed by atoms with Crippen molar-refractivity contribution in [2.45, 2.75) is 62.7 Å². The third-order valence-electron chi connectivity index (χ3n) is 6.43. The van der Waals surface area contributed by atoms with Gasteiger partial charge in [0.1, 0.15) is 16.9 Å². The number of hydrogen-bond donors (Lipinski definition) is 4. The van der Waals surface area contributed by atoms with Crippen molar-refractivity contribution in [3.05, 3.63) is 58.0 Å². The molecule has 1 aliphatic carbocycles. The Kier molecular flexibility index (Phi) is 10.1. The molecule has 1 aromatic carbocycles. The molecule has 1 aliphatic heterocycles. The number of nitrogens with one attached hydrogen (secondary N) is 3. The number of H-pyrrole nitrogens is 1. The van der Waals surface area contributed by atoms with Crippen molar-refractivity contribution < 1.29 is 13.2 Å². The van der Waals surface area contributed by atoms with Gasteiger partial charge in [0, 0.05) is 18.8 Å². The Balaban J connectivity index is 0.00000109. The van der Waals surface area contributed by atoms with E-state index in [0.717, 1.165) is 32.1 Å². The Morgan fingerprint density at radius 1 is 1.08 bits per heavy atom. The summed E-state index contributed by atoms with van der Waals surface area (Å²) in [6.45, 7) is 3.82. The van der Waals surface area contributed by atoms with Crippen molar-refractivity contribution in [2.24, 2.45) is 10.7 Å². The van der Waals surface area contributed by atoms with Crippen molar-refractivity contribution in [1.82, 2.24) is 10.3 Å². The maximum absolute atomic E-state index is 13.9. The molecule has 2 heterocycles. The molecule has 0 amide bonds. The largest absolute Gasteiger partial charge is 0.410 e. The molecule has 192 valence electrons. The van der Waals surface area contributed by atoms with E-state index in [4.69, 9.17) is 11.0 Å². The number of benzene rings is 1. The summed E-state index contributed by atoms with van der Waals surface area (Å²) >= 11 is 0. The molecule has 0 radical (unpaired) electrons. The van der Waals surface area contributed by atoms with Crippen molar-refractivity contribution in [3.8, 4) is 19.4 Å². The molecule has 0 bridgehead atoms. The fourth-order valence-electron chi connectivity index (χ4n) is 4.72. The van der Waals surface area contributed by atoms with E-state index in [1.807, 2.05) is 0 Å². The fourth-order valence-corrected chi connectivity index (χ4v) is 4.72. The molecular formula is C26H31F3N6O. The minimum absolute atomic E-state index is 0.00313. The van der Waals surface area contributed by atoms with E-state index in [2.05, 4.69) is 40.0 Å². The monoisotopic (exact) mass is 500 g/mol. The summed E-state index contributed by atoms with van der Waals surface area (Å²) in [5, 5.41) is 12.6. The molecule has 7 nitrogen and oxygen atoms in total. The van der Waals surface area contributed by atoms with Crippen LogP contribution in [0.4, 0.5) is 24.5 Å². The quantitative estimate of drug-likeness (QED) is 0.270. The second-order valence-electron chi connectivity index (χ2n) is 8.55. The van der Waals surface area contributed by atoms with E-state index in [1.165, 1.54) is 24.3 Å². The van der Waals surface area contributed by atoms with E-state index < -0.39 is 11.7 Å². The summed E-state index contributed by atoms with van der Waals surface area (Å²) in [4.78, 5) is 19.4. The van der Waals surface area contributed by atoms with Gasteiger partial charge in [-0.15, -0.1) is 12.8 Å². The summed E-state index contributed by atoms with van der Waals surface area (Å²) in [7, 11) is 0. The van der Waals surface area contributed by atoms with Crippen molar-refractivity contribution in [3.63, 3.8) is 0 Å². The van der Waals surface area contributed by atoms with Crippen LogP contribution in [0.25, 0.3) is 0 Å². The number of terminal acetylenes is 1. The number of halogens is 3. The van der Waals surface area contributed by atoms with Gasteiger partial charge in [-0.25, -0.2) is 10.3 Å². The number of amidine groups is 1. The number of piperidine rings is 1. The maximum Gasteiger partial charge on any atom is 0.410 e. The summed E-state index contributed by atoms with van der Waals surface area (Å²) in [5.74, 6) is 0.0152. The minimum atomic E-state index is -4.41. The van der Waals surface area contributed by atoms with E-state index in [0.29, 0.717) is 24.3 Å². The van der Waals surface area contributed by atoms with Crippen molar-refractivity contribution >= 4 is 17.2 Å². The third kappa shape index (κ3) is 6.27. The van der Waals surface area contributed by atoms with Gasteiger partial charge in [0.15, 0.2) is 0 Å². The SMILES string of the molecule is C#C.C#N.NC(=Nc1ccc(C2(C(F)(F)F)CCCCN2)cc1)c1c(NC2CCCC2)cc[nH]c1=O. The molecule has 36 heavy (non-hydrogen) atoms. The maximum atomic E-state index is 13.9. The average Bonchev–Trinajstić information content (AvgIpc) is 3.40. The summed E-state index contributed by atoms with van der Waals surface area (Å²) in [6, 6.07) is 7.92. The number of aromatic amines is 1. The van der Waals surface area contributed by atoms with Crippen LogP contribution in [0, 0.1) is 24.7 Å². The van der Waals surface area contributed by atoms with Crippen LogP contribution in [0.5, 0.6) is 0 Å². The standard InChI is InChI=1S/C23H28F3N5O.C2H2.CHN/c24-23(25,26)22(12-3-4-13-29-22)15-7-9-17(10-8-15)31-20(27)19-18(11-14-28-21(19)32)30-16-5-1-2-6-16;2*1-2/h7-11,14,16,29H,1-6,12-13H2,(H2,27,31)(H2,28,30,32);1-2H;1H. The average molecular weight is 501 g/mol. The molecule has 10 heteroatoms. The summed E-state index contributed by atoms with van der Waals surface area (Å²) in [6.07, 6.45) is 10.7. The van der Waals surface area contributed by atoms with Gasteiger partial charge in [-0.1, -0.05) is 25.0 Å². The topological polar surface area (TPSA) is 119 Å². The number of nitrogens with two attached hydrogens (primary N) is 1. The highest BCUT2D eigenvalue weighted by molar-refractivity contribution is 6.03. The zero-order valence-electron chi connectivity index (χ0n) is 19.9. The highest BCUT2D eigenvalue weighted by Crippen LogP contribution is 2.44. The van der Waals surface area contributed by atoms with Crippen LogP contribution < -0.4 is 21.9 Å². The Labute approximate surface area is 209 Å². The predicted molar refractivity (Wildman–Crippen MR) is 136 cm³/mol. The molecule has 1 atom stereocenters. The number of nitriles is 1. The number of aliphatic imine (C=N–C) groups is 1. The zero-order chi connectivity index (χ0) is 26.8. The number of alkyl halides is 3. The lowest BCUT2D eigenvalue weighted by atomic mass is 9.81. The van der Waals surface area contributed by atoms with E-state index in [-0.39, 0.29) is 35.0 Å². The van der Waals surface area contributed by atoms with E-state index in [9.17, 15) is 18.0 Å². The number of hydrogen-bond acceptors (Lipinski definition) is 5. The van der Waals surface area contributed by atoms with Gasteiger partial charge in [-0.05, 0) is 62.4 Å². The summed E-state index contributed by atoms with van der Waals surface area (Å²) in [5.41, 5.74) is 5.15. The van der Waals surface area contributed by atoms with Crippen LogP contribution in [-0.2, 0) is 5.54 Å². The first-order chi connectivity index (χ1) is 17.3. The highest BCUT2D eigenvalue weighted by atomic mass is 19.4. The number of anilines is 1. The number of rotatable bonds is 5. The molecule has 1 aromatic heterocycles. The van der Waals surface area contributed by atoms with Gasteiger partial charge < -0.3 is 16.0 Å². The molecule has 2 aliphatic rings. The highest BCUT2D eigenvalue weighted by Gasteiger charge is 2.55. The van der Waals surface area contributed by atoms with Crippen LogP contribution in [0.3, 0.4) is 0 Å². The van der Waals surface area contributed by atoms with Gasteiger partial charge in [-0.2, -0.15) is 13.2 Å². The van der Waals surface area contributed by atoms with Crippen LogP contribution in [0.2, 0.25) is 0 Å². The molecule has 1 unspecified atom stereocenters. The summed E-state index contributed by atoms with van der Waals surface area (Å²) < 4.78 is 41.7. The molecule has 5 N–H and O–H groups in total. The second kappa shape index (κ2) is 12.8. The molecule has 4 rings (SSSR count). The Hall–Kier alpha value is -3.76. The third-order valence-corrected chi connectivity index (χ3v) is 6.43. The molecule has 2 aromatic rings. The van der Waals surface area contributed by atoms with E-state index in [1.54, 1.807) is 12.3 Å². The number of nitrogens with zero attached hydrogens (tertiary/aromatic N) is 2. The number of pyridine rings is 1. The first-order valence-corrected chi connectivity index (χ1v) is 11.6. The van der Waals surface area contributed by atoms with Crippen LogP contribution >= 0.6 is 0 Å². The molecular weight excluding hydrogens is 469 g/mol. The lowest BCUT2D eigenvalue weighted by Gasteiger charge is -2.40. The van der Waals surface area contributed by atoms with Crippen LogP contribution in [-0.4, -0.2) is 29.6 Å². The number of aromatic nitrogens is 1. The lowest BCUT2D eigenvalue weighted by Crippen LogP contribution is -2.56. The Morgan fingerprint density at radius 2 is 1.72 bits per heavy atom. The van der Waals surface area contributed by atoms with Gasteiger partial charge in [-0.3, -0.25) is 10.1 Å². The zero-order valence-corrected chi connectivity index (χ0v) is 19.9. The molecule has 1 saturated carbocycles. The smallest absolute Gasteiger partial charge is 0.383 e. The minimum Gasteiger partial charge on any atom is -0.383 e. The predicted octanol–water partition coefficient (Wildman–Crippen LogP) is 4.69. The normalized spacial score (nSPS) is 20.4. The lowest BCUT2D eigenvalue weighted by molar-refractivity contribution is -0.207. The van der Waals surface area contributed by atoms with Gasteiger partial charge in [0.05, 0.1) is 11.4 Å². The molecule has 0 spiro atoms. The van der Waals surface area contributed by atoms with Gasteiger partial charge in [0.2, 0.25) is 0 Å². The van der Waals surface area contributed by atoms with Crippen LogP contribution in [0.15, 0.2) is 46.3 Å². The first-order valence-electron chi connectivity index (χ1n) is 11.6. The molecule has 2 fully saturated rings.